The second kappa shape index (κ2) is 16.0. The molecule has 3 aliphatic rings. The molecule has 3 unspecified atom stereocenters. The minimum atomic E-state index is -1.79. The average molecular weight is 677 g/mol. The number of carbonyl (C=O) groups is 8. The molecular weight excluding hydrogens is 640 g/mol. The standard InChI is InChI=1S/C28H36O19/c1-10(29)37-8-17-20(21(40-13(4)32)23-24(44-17)25(27(36)46-23)42-15(6)34)47-28-26(43-16(7)35)22(41-14(5)33)19(39-12(3)31)18(45-28)9-38-11(2)30/h17-26,28H,8-9H2,1-7H3/t17-,18-,19+,20-,21+,22+,23?,24?,25?,26-,28+/m1/s1. The SMILES string of the molecule is CC(=O)OC[C@H]1O[C@@H](O[C@H]2[C@H](OC(C)=O)C3OC(=O)C(OC(C)=O)C3O[C@@H]2COC(C)=O)[C@H](OC(C)=O)[C@@H](OC(C)=O)[C@H]1OC(C)=O. The third-order valence-electron chi connectivity index (χ3n) is 6.74. The molecule has 262 valence electrons. The van der Waals surface area contributed by atoms with Crippen LogP contribution in [0, 0.1) is 0 Å². The topological polar surface area (TPSA) is 238 Å². The smallest absolute Gasteiger partial charge is 0.350 e. The predicted octanol–water partition coefficient (Wildman–Crippen LogP) is -1.43. The van der Waals surface area contributed by atoms with Crippen LogP contribution < -0.4 is 0 Å². The average Bonchev–Trinajstić information content (AvgIpc) is 3.23. The van der Waals surface area contributed by atoms with E-state index in [1.54, 1.807) is 0 Å². The fraction of sp³-hybridized carbons (Fsp3) is 0.714. The lowest BCUT2D eigenvalue weighted by molar-refractivity contribution is -0.343. The molecule has 3 fully saturated rings. The Hall–Kier alpha value is -4.36. The summed E-state index contributed by atoms with van der Waals surface area (Å²) >= 11 is 0. The largest absolute Gasteiger partial charge is 0.463 e. The molecule has 0 saturated carbocycles. The van der Waals surface area contributed by atoms with Crippen LogP contribution in [0.4, 0.5) is 0 Å². The van der Waals surface area contributed by atoms with Crippen LogP contribution in [-0.4, -0.2) is 128 Å². The molecule has 0 amide bonds. The number of fused-ring (bicyclic) bond motifs is 1. The molecule has 0 aromatic heterocycles. The van der Waals surface area contributed by atoms with E-state index in [2.05, 4.69) is 0 Å². The van der Waals surface area contributed by atoms with E-state index in [1.165, 1.54) is 0 Å². The zero-order valence-corrected chi connectivity index (χ0v) is 26.5. The van der Waals surface area contributed by atoms with Gasteiger partial charge in [0.1, 0.15) is 37.6 Å². The van der Waals surface area contributed by atoms with Gasteiger partial charge in [-0.3, -0.25) is 33.6 Å². The molecule has 3 heterocycles. The first kappa shape index (κ1) is 37.1. The monoisotopic (exact) mass is 676 g/mol. The molecule has 0 N–H and O–H groups in total. The number of carbonyl (C=O) groups excluding carboxylic acids is 8. The van der Waals surface area contributed by atoms with Crippen molar-refractivity contribution in [2.45, 2.75) is 116 Å². The summed E-state index contributed by atoms with van der Waals surface area (Å²) in [5, 5.41) is 0. The fourth-order valence-electron chi connectivity index (χ4n) is 5.23. The van der Waals surface area contributed by atoms with Crippen molar-refractivity contribution in [3.63, 3.8) is 0 Å². The first-order valence-corrected chi connectivity index (χ1v) is 14.3. The summed E-state index contributed by atoms with van der Waals surface area (Å²) in [6.07, 6.45) is -16.9. The van der Waals surface area contributed by atoms with Gasteiger partial charge in [-0.2, -0.15) is 0 Å². The summed E-state index contributed by atoms with van der Waals surface area (Å²) in [5.41, 5.74) is 0. The lowest BCUT2D eigenvalue weighted by Crippen LogP contribution is -2.67. The van der Waals surface area contributed by atoms with E-state index in [4.69, 9.17) is 52.1 Å². The maximum Gasteiger partial charge on any atom is 0.350 e. The molecule has 3 aliphatic heterocycles. The fourth-order valence-corrected chi connectivity index (χ4v) is 5.23. The van der Waals surface area contributed by atoms with Gasteiger partial charge < -0.3 is 52.1 Å². The Morgan fingerprint density at radius 1 is 0.511 bits per heavy atom. The molecule has 0 aromatic carbocycles. The van der Waals surface area contributed by atoms with Crippen molar-refractivity contribution in [1.29, 1.82) is 0 Å². The van der Waals surface area contributed by atoms with Crippen molar-refractivity contribution >= 4 is 47.8 Å². The Bertz CT molecular complexity index is 1250. The van der Waals surface area contributed by atoms with E-state index in [1.807, 2.05) is 0 Å². The van der Waals surface area contributed by atoms with Crippen molar-refractivity contribution in [2.24, 2.45) is 0 Å². The summed E-state index contributed by atoms with van der Waals surface area (Å²) in [7, 11) is 0. The molecular formula is C28H36O19. The molecule has 3 saturated heterocycles. The number of hydrogen-bond donors (Lipinski definition) is 0. The summed E-state index contributed by atoms with van der Waals surface area (Å²) in [4.78, 5) is 96.7. The zero-order chi connectivity index (χ0) is 35.2. The molecule has 47 heavy (non-hydrogen) atoms. The number of ether oxygens (including phenoxy) is 11. The Labute approximate surface area is 267 Å². The van der Waals surface area contributed by atoms with Gasteiger partial charge in [-0.05, 0) is 0 Å². The molecule has 0 aliphatic carbocycles. The quantitative estimate of drug-likeness (QED) is 0.180. The van der Waals surface area contributed by atoms with Gasteiger partial charge in [0.25, 0.3) is 0 Å². The highest BCUT2D eigenvalue weighted by atomic mass is 16.8. The van der Waals surface area contributed by atoms with Crippen molar-refractivity contribution < 1.29 is 90.5 Å². The van der Waals surface area contributed by atoms with Crippen LogP contribution in [0.3, 0.4) is 0 Å². The van der Waals surface area contributed by atoms with Crippen LogP contribution >= 0.6 is 0 Å². The Morgan fingerprint density at radius 3 is 1.45 bits per heavy atom. The van der Waals surface area contributed by atoms with Crippen molar-refractivity contribution in [3.8, 4) is 0 Å². The van der Waals surface area contributed by atoms with Crippen LogP contribution in [0.1, 0.15) is 48.5 Å². The van der Waals surface area contributed by atoms with E-state index in [0.29, 0.717) is 0 Å². The van der Waals surface area contributed by atoms with Crippen molar-refractivity contribution in [3.05, 3.63) is 0 Å². The minimum Gasteiger partial charge on any atom is -0.463 e. The van der Waals surface area contributed by atoms with Crippen LogP contribution in [0.5, 0.6) is 0 Å². The van der Waals surface area contributed by atoms with Gasteiger partial charge in [0, 0.05) is 48.5 Å². The van der Waals surface area contributed by atoms with Gasteiger partial charge in [0.2, 0.25) is 6.10 Å². The van der Waals surface area contributed by atoms with Gasteiger partial charge in [-0.15, -0.1) is 0 Å². The molecule has 0 aromatic rings. The highest BCUT2D eigenvalue weighted by Crippen LogP contribution is 2.38. The van der Waals surface area contributed by atoms with Gasteiger partial charge in [-0.1, -0.05) is 0 Å². The second-order valence-corrected chi connectivity index (χ2v) is 10.6. The Morgan fingerprint density at radius 2 is 0.957 bits per heavy atom. The van der Waals surface area contributed by atoms with E-state index in [9.17, 15) is 38.4 Å². The lowest BCUT2D eigenvalue weighted by atomic mass is 9.93. The van der Waals surface area contributed by atoms with Crippen LogP contribution in [-0.2, 0) is 90.5 Å². The molecule has 3 rings (SSSR count). The van der Waals surface area contributed by atoms with Gasteiger partial charge >= 0.3 is 47.8 Å². The number of esters is 8. The molecule has 19 nitrogen and oxygen atoms in total. The summed E-state index contributed by atoms with van der Waals surface area (Å²) in [6.45, 7) is 6.20. The highest BCUT2D eigenvalue weighted by Gasteiger charge is 2.62. The van der Waals surface area contributed by atoms with E-state index in [0.717, 1.165) is 48.5 Å². The summed E-state index contributed by atoms with van der Waals surface area (Å²) < 4.78 is 60.5. The highest BCUT2D eigenvalue weighted by molar-refractivity contribution is 5.81. The van der Waals surface area contributed by atoms with E-state index in [-0.39, 0.29) is 0 Å². The van der Waals surface area contributed by atoms with Crippen LogP contribution in [0.25, 0.3) is 0 Å². The normalized spacial score (nSPS) is 32.8. The molecule has 0 radical (unpaired) electrons. The first-order chi connectivity index (χ1) is 22.0. The van der Waals surface area contributed by atoms with Gasteiger partial charge in [-0.25, -0.2) is 4.79 Å². The lowest BCUT2D eigenvalue weighted by Gasteiger charge is -2.47. The third-order valence-corrected chi connectivity index (χ3v) is 6.74. The molecule has 0 spiro atoms. The van der Waals surface area contributed by atoms with Crippen LogP contribution in [0.2, 0.25) is 0 Å². The molecule has 0 bridgehead atoms. The summed E-state index contributed by atoms with van der Waals surface area (Å²) in [6, 6.07) is 0. The maximum absolute atomic E-state index is 12.7. The maximum atomic E-state index is 12.7. The number of rotatable bonds is 11. The molecule has 11 atom stereocenters. The second-order valence-electron chi connectivity index (χ2n) is 10.6. The minimum absolute atomic E-state index is 0.574. The predicted molar refractivity (Wildman–Crippen MR) is 143 cm³/mol. The van der Waals surface area contributed by atoms with Crippen molar-refractivity contribution in [1.82, 2.24) is 0 Å². The van der Waals surface area contributed by atoms with Gasteiger partial charge in [0.05, 0.1) is 0 Å². The van der Waals surface area contributed by atoms with Crippen molar-refractivity contribution in [2.75, 3.05) is 13.2 Å². The number of hydrogen-bond acceptors (Lipinski definition) is 19. The van der Waals surface area contributed by atoms with E-state index >= 15 is 0 Å². The third kappa shape index (κ3) is 9.82. The van der Waals surface area contributed by atoms with E-state index < -0.39 is 128 Å². The Balaban J connectivity index is 2.11. The summed E-state index contributed by atoms with van der Waals surface area (Å²) in [5.74, 6) is -6.99. The zero-order valence-electron chi connectivity index (χ0n) is 26.5. The molecule has 19 heteroatoms. The first-order valence-electron chi connectivity index (χ1n) is 14.3. The van der Waals surface area contributed by atoms with Gasteiger partial charge in [0.15, 0.2) is 36.8 Å². The van der Waals surface area contributed by atoms with Crippen LogP contribution in [0.15, 0.2) is 0 Å². The Kier molecular flexibility index (Phi) is 12.6.